The number of ether oxygens (including phenoxy) is 1. The number of hydrogen-bond donors (Lipinski definition) is 1. The monoisotopic (exact) mass is 288 g/mol. The van der Waals surface area contributed by atoms with E-state index in [4.69, 9.17) is 10.1 Å². The summed E-state index contributed by atoms with van der Waals surface area (Å²) >= 11 is 0. The molecule has 0 spiro atoms. The van der Waals surface area contributed by atoms with Crippen LogP contribution < -0.4 is 0 Å². The zero-order chi connectivity index (χ0) is 15.5. The van der Waals surface area contributed by atoms with Crippen LogP contribution in [0.2, 0.25) is 0 Å². The highest BCUT2D eigenvalue weighted by atomic mass is 16.5. The van der Waals surface area contributed by atoms with Gasteiger partial charge in [-0.2, -0.15) is 5.26 Å². The topological polar surface area (TPSA) is 73.9 Å². The van der Waals surface area contributed by atoms with Crippen LogP contribution >= 0.6 is 0 Å². The summed E-state index contributed by atoms with van der Waals surface area (Å²) in [6.45, 7) is 0. The van der Waals surface area contributed by atoms with Crippen molar-refractivity contribution in [3.05, 3.63) is 77.5 Å². The van der Waals surface area contributed by atoms with E-state index in [-0.39, 0.29) is 23.0 Å². The Kier molecular flexibility index (Phi) is 3.55. The Hall–Kier alpha value is -3.19. The van der Waals surface area contributed by atoms with Crippen LogP contribution in [0.15, 0.2) is 66.4 Å². The average Bonchev–Trinajstić information content (AvgIpc) is 2.85. The minimum Gasteiger partial charge on any atom is -0.437 e. The number of carbonyl (C=O) groups excluding carboxylic acids is 1. The Morgan fingerprint density at radius 3 is 2.23 bits per heavy atom. The molecule has 0 aliphatic carbocycles. The minimum absolute atomic E-state index is 0.0486. The van der Waals surface area contributed by atoms with Crippen LogP contribution in [0.4, 0.5) is 0 Å². The molecule has 0 aromatic heterocycles. The number of allylic oxidation sites excluding steroid dienone is 2. The fourth-order valence-electron chi connectivity index (χ4n) is 2.44. The van der Waals surface area contributed by atoms with E-state index >= 15 is 0 Å². The van der Waals surface area contributed by atoms with E-state index in [1.54, 1.807) is 48.5 Å². The zero-order valence-electron chi connectivity index (χ0n) is 11.6. The molecule has 1 heterocycles. The van der Waals surface area contributed by atoms with Crippen molar-refractivity contribution in [1.29, 1.82) is 10.7 Å². The summed E-state index contributed by atoms with van der Waals surface area (Å²) in [6.07, 6.45) is 0. The molecule has 1 fully saturated rings. The molecule has 1 N–H and O–H groups in total. The van der Waals surface area contributed by atoms with Crippen molar-refractivity contribution >= 4 is 17.3 Å². The third-order valence-corrected chi connectivity index (χ3v) is 3.49. The van der Waals surface area contributed by atoms with Crippen LogP contribution in [0, 0.1) is 16.7 Å². The minimum atomic E-state index is -0.775. The highest BCUT2D eigenvalue weighted by Gasteiger charge is 2.40. The summed E-state index contributed by atoms with van der Waals surface area (Å²) in [5, 5.41) is 17.3. The van der Waals surface area contributed by atoms with Gasteiger partial charge in [-0.15, -0.1) is 0 Å². The molecule has 1 atom stereocenters. The Balaban J connectivity index is 2.07. The Bertz CT molecular complexity index is 802. The fraction of sp³-hybridized carbons (Fsp3) is 0.0556. The Morgan fingerprint density at radius 2 is 1.64 bits per heavy atom. The van der Waals surface area contributed by atoms with Crippen molar-refractivity contribution < 1.29 is 9.53 Å². The normalized spacial score (nSPS) is 19.5. The number of Topliss-reactive ketones (excluding diaryl/α,β-unsaturated/α-hetero) is 1. The van der Waals surface area contributed by atoms with E-state index in [9.17, 15) is 10.1 Å². The molecule has 4 nitrogen and oxygen atoms in total. The molecule has 2 aromatic rings. The van der Waals surface area contributed by atoms with Crippen LogP contribution in [0.1, 0.15) is 17.0 Å². The van der Waals surface area contributed by atoms with E-state index in [1.807, 2.05) is 18.2 Å². The van der Waals surface area contributed by atoms with Crippen molar-refractivity contribution in [2.45, 2.75) is 5.92 Å². The number of rotatable bonds is 2. The zero-order valence-corrected chi connectivity index (χ0v) is 11.6. The highest BCUT2D eigenvalue weighted by molar-refractivity contribution is 6.21. The molecule has 106 valence electrons. The molecular formula is C18H12N2O2. The lowest BCUT2D eigenvalue weighted by Crippen LogP contribution is -2.12. The SMILES string of the molecule is N#C/C(=C1/OC(=N)[C@@H](c2ccccc2)C1=O)c1ccccc1. The molecule has 0 radical (unpaired) electrons. The quantitative estimate of drug-likeness (QED) is 0.680. The largest absolute Gasteiger partial charge is 0.437 e. The second-order valence-electron chi connectivity index (χ2n) is 4.86. The van der Waals surface area contributed by atoms with Gasteiger partial charge in [-0.1, -0.05) is 60.7 Å². The van der Waals surface area contributed by atoms with Crippen LogP contribution in [-0.2, 0) is 9.53 Å². The molecule has 22 heavy (non-hydrogen) atoms. The van der Waals surface area contributed by atoms with Crippen molar-refractivity contribution in [2.75, 3.05) is 0 Å². The summed E-state index contributed by atoms with van der Waals surface area (Å²) in [7, 11) is 0. The van der Waals surface area contributed by atoms with Gasteiger partial charge in [0.25, 0.3) is 0 Å². The van der Waals surface area contributed by atoms with Gasteiger partial charge < -0.3 is 4.74 Å². The average molecular weight is 288 g/mol. The predicted molar refractivity (Wildman–Crippen MR) is 82.0 cm³/mol. The number of ketones is 1. The third kappa shape index (κ3) is 2.29. The molecule has 1 aliphatic rings. The molecule has 4 heteroatoms. The number of carbonyl (C=O) groups is 1. The predicted octanol–water partition coefficient (Wildman–Crippen LogP) is 3.28. The lowest BCUT2D eigenvalue weighted by molar-refractivity contribution is -0.115. The molecule has 1 aliphatic heterocycles. The number of benzene rings is 2. The molecule has 0 amide bonds. The smallest absolute Gasteiger partial charge is 0.216 e. The van der Waals surface area contributed by atoms with E-state index in [0.29, 0.717) is 11.1 Å². The van der Waals surface area contributed by atoms with Crippen LogP contribution in [-0.4, -0.2) is 11.7 Å². The first-order chi connectivity index (χ1) is 10.7. The fourth-order valence-corrected chi connectivity index (χ4v) is 2.44. The van der Waals surface area contributed by atoms with Gasteiger partial charge in [0.2, 0.25) is 11.7 Å². The summed E-state index contributed by atoms with van der Waals surface area (Å²) in [6, 6.07) is 19.9. The molecule has 0 saturated carbocycles. The molecule has 1 saturated heterocycles. The first kappa shape index (κ1) is 13.8. The van der Waals surface area contributed by atoms with E-state index in [2.05, 4.69) is 0 Å². The molecule has 2 aromatic carbocycles. The van der Waals surface area contributed by atoms with Crippen molar-refractivity contribution in [3.8, 4) is 6.07 Å². The third-order valence-electron chi connectivity index (χ3n) is 3.49. The van der Waals surface area contributed by atoms with Gasteiger partial charge in [-0.25, -0.2) is 0 Å². The molecular weight excluding hydrogens is 276 g/mol. The van der Waals surface area contributed by atoms with Gasteiger partial charge in [-0.3, -0.25) is 10.2 Å². The second kappa shape index (κ2) is 5.66. The first-order valence-electron chi connectivity index (χ1n) is 6.77. The number of nitrogens with one attached hydrogen (secondary N) is 1. The Morgan fingerprint density at radius 1 is 1.05 bits per heavy atom. The van der Waals surface area contributed by atoms with E-state index in [0.717, 1.165) is 0 Å². The molecule has 3 rings (SSSR count). The maximum absolute atomic E-state index is 12.6. The number of nitriles is 1. The standard InChI is InChI=1S/C18H12N2O2/c19-11-14(12-7-3-1-4-8-12)17-16(21)15(18(20)22-17)13-9-5-2-6-10-13/h1-10,15,20H/b17-14-,20-18?/t15-/m0/s1. The van der Waals surface area contributed by atoms with Crippen molar-refractivity contribution in [3.63, 3.8) is 0 Å². The first-order valence-corrected chi connectivity index (χ1v) is 6.77. The lowest BCUT2D eigenvalue weighted by atomic mass is 9.93. The van der Waals surface area contributed by atoms with Gasteiger partial charge in [0.1, 0.15) is 17.6 Å². The lowest BCUT2D eigenvalue weighted by Gasteiger charge is -2.04. The van der Waals surface area contributed by atoms with Gasteiger partial charge in [-0.05, 0) is 11.1 Å². The Labute approximate surface area is 127 Å². The van der Waals surface area contributed by atoms with Crippen molar-refractivity contribution in [1.82, 2.24) is 0 Å². The van der Waals surface area contributed by atoms with Gasteiger partial charge in [0, 0.05) is 0 Å². The molecule has 0 bridgehead atoms. The van der Waals surface area contributed by atoms with Crippen molar-refractivity contribution in [2.24, 2.45) is 0 Å². The van der Waals surface area contributed by atoms with Gasteiger partial charge in [0.05, 0.1) is 0 Å². The van der Waals surface area contributed by atoms with E-state index in [1.165, 1.54) is 0 Å². The summed E-state index contributed by atoms with van der Waals surface area (Å²) < 4.78 is 5.34. The maximum Gasteiger partial charge on any atom is 0.216 e. The van der Waals surface area contributed by atoms with Gasteiger partial charge >= 0.3 is 0 Å². The van der Waals surface area contributed by atoms with Crippen LogP contribution in [0.25, 0.3) is 5.57 Å². The highest BCUT2D eigenvalue weighted by Crippen LogP contribution is 2.34. The number of nitrogens with zero attached hydrogens (tertiary/aromatic N) is 1. The summed E-state index contributed by atoms with van der Waals surface area (Å²) in [5.41, 5.74) is 1.46. The van der Waals surface area contributed by atoms with E-state index < -0.39 is 5.92 Å². The maximum atomic E-state index is 12.6. The van der Waals surface area contributed by atoms with Crippen LogP contribution in [0.3, 0.4) is 0 Å². The number of hydrogen-bond acceptors (Lipinski definition) is 4. The van der Waals surface area contributed by atoms with Crippen LogP contribution in [0.5, 0.6) is 0 Å². The summed E-state index contributed by atoms with van der Waals surface area (Å²) in [4.78, 5) is 12.6. The van der Waals surface area contributed by atoms with Gasteiger partial charge in [0.15, 0.2) is 5.76 Å². The molecule has 0 unspecified atom stereocenters. The second-order valence-corrected chi connectivity index (χ2v) is 4.86. The summed E-state index contributed by atoms with van der Waals surface area (Å²) in [5.74, 6) is -1.32.